The summed E-state index contributed by atoms with van der Waals surface area (Å²) in [7, 11) is 0. The second-order valence-electron chi connectivity index (χ2n) is 5.80. The first-order valence-electron chi connectivity index (χ1n) is 7.81. The molecule has 0 aromatic rings. The van der Waals surface area contributed by atoms with Gasteiger partial charge in [-0.2, -0.15) is 0 Å². The van der Waals surface area contributed by atoms with E-state index in [2.05, 4.69) is 33.2 Å². The molecule has 0 aliphatic heterocycles. The number of allylic oxidation sites excluding steroid dienone is 3. The van der Waals surface area contributed by atoms with Gasteiger partial charge in [-0.15, -0.1) is 19.7 Å². The highest BCUT2D eigenvalue weighted by molar-refractivity contribution is 5.90. The Morgan fingerprint density at radius 1 is 1.14 bits per heavy atom. The molecule has 1 saturated carbocycles. The molecule has 0 aromatic heterocycles. The molecule has 0 saturated heterocycles. The summed E-state index contributed by atoms with van der Waals surface area (Å²) in [6, 6.07) is 0. The van der Waals surface area contributed by atoms with Crippen LogP contribution in [0.5, 0.6) is 0 Å². The monoisotopic (exact) mass is 288 g/mol. The predicted molar refractivity (Wildman–Crippen MR) is 88.9 cm³/mol. The molecular formula is C19H28O2. The van der Waals surface area contributed by atoms with E-state index in [1.807, 2.05) is 18.2 Å². The summed E-state index contributed by atoms with van der Waals surface area (Å²) in [5, 5.41) is 0. The summed E-state index contributed by atoms with van der Waals surface area (Å²) in [5.41, 5.74) is -0.417. The van der Waals surface area contributed by atoms with Crippen LogP contribution in [-0.2, 0) is 9.53 Å². The number of hydrogen-bond donors (Lipinski definition) is 0. The zero-order valence-corrected chi connectivity index (χ0v) is 13.3. The van der Waals surface area contributed by atoms with E-state index >= 15 is 0 Å². The fourth-order valence-corrected chi connectivity index (χ4v) is 3.35. The summed E-state index contributed by atoms with van der Waals surface area (Å²) in [5.74, 6) is -0.321. The Kier molecular flexibility index (Phi) is 6.19. The number of carbonyl (C=O) groups is 1. The number of rotatable bonds is 8. The average Bonchev–Trinajstić information content (AvgIpc) is 2.53. The van der Waals surface area contributed by atoms with E-state index in [1.165, 1.54) is 0 Å². The van der Waals surface area contributed by atoms with E-state index < -0.39 is 5.41 Å². The van der Waals surface area contributed by atoms with Crippen molar-refractivity contribution in [1.82, 2.24) is 0 Å². The molecule has 1 aliphatic rings. The Hall–Kier alpha value is -1.57. The summed E-state index contributed by atoms with van der Waals surface area (Å²) in [4.78, 5) is 12.4. The Bertz CT molecular complexity index is 425. The van der Waals surface area contributed by atoms with Crippen molar-refractivity contribution >= 4 is 5.97 Å². The van der Waals surface area contributed by atoms with Crippen LogP contribution < -0.4 is 0 Å². The Balaban J connectivity index is 3.08. The summed E-state index contributed by atoms with van der Waals surface area (Å²) in [6.07, 6.45) is 11.4. The third kappa shape index (κ3) is 3.04. The van der Waals surface area contributed by atoms with Crippen molar-refractivity contribution in [2.24, 2.45) is 10.8 Å². The van der Waals surface area contributed by atoms with Gasteiger partial charge in [0.2, 0.25) is 0 Å². The molecule has 1 aliphatic carbocycles. The molecule has 1 unspecified atom stereocenters. The summed E-state index contributed by atoms with van der Waals surface area (Å²) < 4.78 is 5.35. The van der Waals surface area contributed by atoms with Crippen molar-refractivity contribution < 1.29 is 9.53 Å². The maximum Gasteiger partial charge on any atom is 0.334 e. The van der Waals surface area contributed by atoms with Crippen molar-refractivity contribution in [1.29, 1.82) is 0 Å². The predicted octanol–water partition coefficient (Wildman–Crippen LogP) is 4.99. The normalized spacial score (nSPS) is 23.9. The van der Waals surface area contributed by atoms with E-state index in [0.29, 0.717) is 12.2 Å². The minimum atomic E-state index is -0.530. The molecule has 1 atom stereocenters. The van der Waals surface area contributed by atoms with Crippen molar-refractivity contribution in [2.75, 3.05) is 6.61 Å². The van der Waals surface area contributed by atoms with Gasteiger partial charge in [-0.3, -0.25) is 0 Å². The van der Waals surface area contributed by atoms with Crippen molar-refractivity contribution in [2.45, 2.75) is 45.4 Å². The van der Waals surface area contributed by atoms with Gasteiger partial charge in [-0.05, 0) is 19.3 Å². The molecule has 0 radical (unpaired) electrons. The molecule has 116 valence electrons. The average molecular weight is 288 g/mol. The molecule has 0 bridgehead atoms. The van der Waals surface area contributed by atoms with Gasteiger partial charge in [-0.25, -0.2) is 4.79 Å². The first kappa shape index (κ1) is 17.5. The maximum atomic E-state index is 12.4. The van der Waals surface area contributed by atoms with E-state index in [4.69, 9.17) is 4.74 Å². The van der Waals surface area contributed by atoms with Crippen LogP contribution in [0.15, 0.2) is 50.1 Å². The van der Waals surface area contributed by atoms with Crippen molar-refractivity contribution in [3.63, 3.8) is 0 Å². The molecule has 0 amide bonds. The third-order valence-corrected chi connectivity index (χ3v) is 4.84. The fraction of sp³-hybridized carbons (Fsp3) is 0.526. The molecule has 0 aromatic carbocycles. The molecule has 0 N–H and O–H groups in total. The van der Waals surface area contributed by atoms with Crippen LogP contribution in [0.3, 0.4) is 0 Å². The first-order valence-corrected chi connectivity index (χ1v) is 7.81. The number of ether oxygens (including phenoxy) is 1. The van der Waals surface area contributed by atoms with Gasteiger partial charge in [0.1, 0.15) is 0 Å². The van der Waals surface area contributed by atoms with Crippen LogP contribution in [-0.4, -0.2) is 12.6 Å². The maximum absolute atomic E-state index is 12.4. The van der Waals surface area contributed by atoms with Gasteiger partial charge in [0.25, 0.3) is 0 Å². The molecule has 1 fully saturated rings. The quantitative estimate of drug-likeness (QED) is 0.272. The number of esters is 1. The minimum Gasteiger partial charge on any atom is -0.462 e. The Labute approximate surface area is 129 Å². The number of hydrogen-bond acceptors (Lipinski definition) is 2. The van der Waals surface area contributed by atoms with Gasteiger partial charge in [0, 0.05) is 16.4 Å². The second kappa shape index (κ2) is 7.44. The van der Waals surface area contributed by atoms with Crippen LogP contribution >= 0.6 is 0 Å². The third-order valence-electron chi connectivity index (χ3n) is 4.84. The zero-order valence-electron chi connectivity index (χ0n) is 13.3. The fourth-order valence-electron chi connectivity index (χ4n) is 3.35. The molecular weight excluding hydrogens is 260 g/mol. The first-order chi connectivity index (χ1) is 10.0. The largest absolute Gasteiger partial charge is 0.462 e. The van der Waals surface area contributed by atoms with Crippen LogP contribution in [0.25, 0.3) is 0 Å². The van der Waals surface area contributed by atoms with Crippen LogP contribution in [0.2, 0.25) is 0 Å². The highest BCUT2D eigenvalue weighted by atomic mass is 16.5. The highest BCUT2D eigenvalue weighted by Gasteiger charge is 2.51. The van der Waals surface area contributed by atoms with Gasteiger partial charge < -0.3 is 4.74 Å². The van der Waals surface area contributed by atoms with Crippen LogP contribution in [0, 0.1) is 10.8 Å². The van der Waals surface area contributed by atoms with Crippen LogP contribution in [0.4, 0.5) is 0 Å². The lowest BCUT2D eigenvalue weighted by molar-refractivity contribution is -0.141. The molecule has 0 spiro atoms. The van der Waals surface area contributed by atoms with Gasteiger partial charge in [0.15, 0.2) is 0 Å². The van der Waals surface area contributed by atoms with Crippen molar-refractivity contribution in [3.05, 3.63) is 50.1 Å². The molecule has 21 heavy (non-hydrogen) atoms. The topological polar surface area (TPSA) is 26.3 Å². The minimum absolute atomic E-state index is 0.321. The standard InChI is InChI=1S/C19H28O2/c1-6-10-15-21-17(20)16(5)19(9-4)14-12-11-13-18(19,7-2)8-3/h7-9H,2-6,10-15H2,1H3. The van der Waals surface area contributed by atoms with Crippen molar-refractivity contribution in [3.8, 4) is 0 Å². The zero-order chi connectivity index (χ0) is 15.9. The van der Waals surface area contributed by atoms with E-state index in [-0.39, 0.29) is 11.4 Å². The highest BCUT2D eigenvalue weighted by Crippen LogP contribution is 2.57. The smallest absolute Gasteiger partial charge is 0.334 e. The van der Waals surface area contributed by atoms with Crippen LogP contribution in [0.1, 0.15) is 45.4 Å². The molecule has 2 nitrogen and oxygen atoms in total. The lowest BCUT2D eigenvalue weighted by Gasteiger charge is -2.49. The molecule has 1 rings (SSSR count). The number of unbranched alkanes of at least 4 members (excludes halogenated alkanes) is 1. The van der Waals surface area contributed by atoms with E-state index in [9.17, 15) is 4.79 Å². The molecule has 2 heteroatoms. The SMILES string of the molecule is C=CC1(C=C)CCCCC1(C=C)C(=C)C(=O)OCCCC. The van der Waals surface area contributed by atoms with Gasteiger partial charge in [-0.1, -0.05) is 51.0 Å². The van der Waals surface area contributed by atoms with Gasteiger partial charge in [0.05, 0.1) is 6.61 Å². The van der Waals surface area contributed by atoms with E-state index in [0.717, 1.165) is 38.5 Å². The Morgan fingerprint density at radius 3 is 2.29 bits per heavy atom. The second-order valence-corrected chi connectivity index (χ2v) is 5.80. The lowest BCUT2D eigenvalue weighted by atomic mass is 9.53. The lowest BCUT2D eigenvalue weighted by Crippen LogP contribution is -2.44. The summed E-state index contributed by atoms with van der Waals surface area (Å²) >= 11 is 0. The summed E-state index contributed by atoms with van der Waals surface area (Å²) in [6.45, 7) is 18.5. The van der Waals surface area contributed by atoms with E-state index in [1.54, 1.807) is 0 Å². The number of carbonyl (C=O) groups excluding carboxylic acids is 1. The Morgan fingerprint density at radius 2 is 1.76 bits per heavy atom. The van der Waals surface area contributed by atoms with Gasteiger partial charge >= 0.3 is 5.97 Å². The molecule has 0 heterocycles.